The number of ether oxygens (including phenoxy) is 1. The number of Topliss-reactive ketones (excluding diaryl/α,β-unsaturated/α-hetero) is 1. The summed E-state index contributed by atoms with van der Waals surface area (Å²) in [4.78, 5) is 37.6. The van der Waals surface area contributed by atoms with E-state index in [4.69, 9.17) is 4.74 Å². The maximum atomic E-state index is 12.3. The molecule has 0 atom stereocenters. The van der Waals surface area contributed by atoms with E-state index < -0.39 is 5.97 Å². The minimum Gasteiger partial charge on any atom is -0.456 e. The summed E-state index contributed by atoms with van der Waals surface area (Å²) >= 11 is 1.58. The molecular formula is C19H18N2O4S. The fourth-order valence-corrected chi connectivity index (χ4v) is 3.11. The smallest absolute Gasteiger partial charge is 0.329 e. The van der Waals surface area contributed by atoms with Gasteiger partial charge in [-0.25, -0.2) is 4.79 Å². The van der Waals surface area contributed by atoms with Gasteiger partial charge in [-0.15, -0.1) is 11.8 Å². The Balaban J connectivity index is 1.67. The summed E-state index contributed by atoms with van der Waals surface area (Å²) in [6.07, 6.45) is 1.95. The van der Waals surface area contributed by atoms with Gasteiger partial charge in [0.15, 0.2) is 12.4 Å². The van der Waals surface area contributed by atoms with Gasteiger partial charge in [0, 0.05) is 17.5 Å². The number of nitrogens with zero attached hydrogens (tertiary/aromatic N) is 2. The van der Waals surface area contributed by atoms with E-state index in [1.807, 2.05) is 24.5 Å². The predicted octanol–water partition coefficient (Wildman–Crippen LogP) is 2.49. The molecule has 3 aromatic rings. The Hall–Kier alpha value is -2.80. The molecule has 0 fully saturated rings. The molecular weight excluding hydrogens is 352 g/mol. The zero-order valence-corrected chi connectivity index (χ0v) is 15.3. The average Bonchev–Trinajstić information content (AvgIpc) is 2.91. The lowest BCUT2D eigenvalue weighted by Gasteiger charge is -2.06. The van der Waals surface area contributed by atoms with Crippen LogP contribution in [0.3, 0.4) is 0 Å². The first kappa shape index (κ1) is 18.0. The second-order valence-electron chi connectivity index (χ2n) is 5.73. The largest absolute Gasteiger partial charge is 0.456 e. The zero-order chi connectivity index (χ0) is 18.7. The number of para-hydroxylation sites is 2. The van der Waals surface area contributed by atoms with Gasteiger partial charge in [0.2, 0.25) is 0 Å². The summed E-state index contributed by atoms with van der Waals surface area (Å²) in [5.41, 5.74) is 1.56. The third kappa shape index (κ3) is 3.57. The lowest BCUT2D eigenvalue weighted by atomic mass is 10.1. The predicted molar refractivity (Wildman–Crippen MR) is 101 cm³/mol. The Morgan fingerprint density at radius 3 is 2.35 bits per heavy atom. The van der Waals surface area contributed by atoms with Crippen molar-refractivity contribution in [3.63, 3.8) is 0 Å². The van der Waals surface area contributed by atoms with Crippen molar-refractivity contribution in [3.8, 4) is 0 Å². The summed E-state index contributed by atoms with van der Waals surface area (Å²) in [6, 6.07) is 14.3. The number of fused-ring (bicyclic) bond motifs is 1. The molecule has 0 aliphatic carbocycles. The number of rotatable bonds is 6. The second kappa shape index (κ2) is 7.61. The number of imidazole rings is 1. The van der Waals surface area contributed by atoms with Crippen molar-refractivity contribution < 1.29 is 14.3 Å². The van der Waals surface area contributed by atoms with Gasteiger partial charge in [-0.2, -0.15) is 0 Å². The summed E-state index contributed by atoms with van der Waals surface area (Å²) in [6.45, 7) is -0.587. The Bertz CT molecular complexity index is 1020. The summed E-state index contributed by atoms with van der Waals surface area (Å²) in [7, 11) is 1.65. The van der Waals surface area contributed by atoms with Crippen LogP contribution in [0.25, 0.3) is 11.0 Å². The Kier molecular flexibility index (Phi) is 5.27. The van der Waals surface area contributed by atoms with Crippen molar-refractivity contribution in [2.45, 2.75) is 11.4 Å². The van der Waals surface area contributed by atoms with E-state index in [1.54, 1.807) is 49.1 Å². The van der Waals surface area contributed by atoms with E-state index in [1.165, 1.54) is 9.13 Å². The van der Waals surface area contributed by atoms with Crippen LogP contribution in [-0.2, 0) is 23.1 Å². The van der Waals surface area contributed by atoms with E-state index in [-0.39, 0.29) is 24.6 Å². The molecule has 0 amide bonds. The van der Waals surface area contributed by atoms with E-state index in [2.05, 4.69) is 0 Å². The monoisotopic (exact) mass is 370 g/mol. The SMILES string of the molecule is CSc1ccc(C(=O)COC(=O)Cn2c(=O)n(C)c3ccccc32)cc1. The number of esters is 1. The van der Waals surface area contributed by atoms with Gasteiger partial charge >= 0.3 is 11.7 Å². The van der Waals surface area contributed by atoms with E-state index in [0.717, 1.165) is 10.4 Å². The maximum absolute atomic E-state index is 12.3. The number of aromatic nitrogens is 2. The molecule has 0 N–H and O–H groups in total. The topological polar surface area (TPSA) is 70.3 Å². The van der Waals surface area contributed by atoms with E-state index in [0.29, 0.717) is 11.1 Å². The molecule has 0 bridgehead atoms. The third-order valence-electron chi connectivity index (χ3n) is 4.12. The molecule has 0 aliphatic rings. The molecule has 1 aromatic heterocycles. The van der Waals surface area contributed by atoms with Crippen LogP contribution in [0.5, 0.6) is 0 Å². The van der Waals surface area contributed by atoms with Crippen LogP contribution >= 0.6 is 11.8 Å². The molecule has 0 aliphatic heterocycles. The van der Waals surface area contributed by atoms with Crippen molar-refractivity contribution >= 4 is 34.5 Å². The van der Waals surface area contributed by atoms with Gasteiger partial charge in [-0.05, 0) is 30.5 Å². The van der Waals surface area contributed by atoms with Gasteiger partial charge in [-0.1, -0.05) is 24.3 Å². The minimum absolute atomic E-state index is 0.237. The van der Waals surface area contributed by atoms with Crippen LogP contribution in [0.2, 0.25) is 0 Å². The van der Waals surface area contributed by atoms with Crippen molar-refractivity contribution in [2.75, 3.05) is 12.9 Å². The average molecular weight is 370 g/mol. The van der Waals surface area contributed by atoms with E-state index >= 15 is 0 Å². The number of carbonyl (C=O) groups excluding carboxylic acids is 2. The zero-order valence-electron chi connectivity index (χ0n) is 14.5. The Morgan fingerprint density at radius 1 is 1.04 bits per heavy atom. The summed E-state index contributed by atoms with van der Waals surface area (Å²) in [5.74, 6) is -0.909. The Morgan fingerprint density at radius 2 is 1.69 bits per heavy atom. The third-order valence-corrected chi connectivity index (χ3v) is 4.86. The van der Waals surface area contributed by atoms with Gasteiger partial charge < -0.3 is 4.74 Å². The molecule has 0 radical (unpaired) electrons. The first-order chi connectivity index (χ1) is 12.5. The number of carbonyl (C=O) groups is 2. The molecule has 0 unspecified atom stereocenters. The van der Waals surface area contributed by atoms with Crippen LogP contribution in [0, 0.1) is 0 Å². The standard InChI is InChI=1S/C19H18N2O4S/c1-20-15-5-3-4-6-16(15)21(19(20)24)11-18(23)25-12-17(22)13-7-9-14(26-2)10-8-13/h3-10H,11-12H2,1-2H3. The second-order valence-corrected chi connectivity index (χ2v) is 6.61. The molecule has 134 valence electrons. The molecule has 2 aromatic carbocycles. The van der Waals surface area contributed by atoms with Crippen LogP contribution in [0.15, 0.2) is 58.2 Å². The number of hydrogen-bond acceptors (Lipinski definition) is 5. The van der Waals surface area contributed by atoms with Crippen LogP contribution < -0.4 is 5.69 Å². The molecule has 0 spiro atoms. The molecule has 7 heteroatoms. The summed E-state index contributed by atoms with van der Waals surface area (Å²) in [5, 5.41) is 0. The molecule has 6 nitrogen and oxygen atoms in total. The van der Waals surface area contributed by atoms with E-state index in [9.17, 15) is 14.4 Å². The van der Waals surface area contributed by atoms with Gasteiger partial charge in [0.25, 0.3) is 0 Å². The highest BCUT2D eigenvalue weighted by atomic mass is 32.2. The van der Waals surface area contributed by atoms with Crippen LogP contribution in [-0.4, -0.2) is 33.7 Å². The van der Waals surface area contributed by atoms with Gasteiger partial charge in [0.1, 0.15) is 6.54 Å². The number of thioether (sulfide) groups is 1. The fraction of sp³-hybridized carbons (Fsp3) is 0.211. The summed E-state index contributed by atoms with van der Waals surface area (Å²) < 4.78 is 7.89. The molecule has 26 heavy (non-hydrogen) atoms. The normalized spacial score (nSPS) is 10.8. The maximum Gasteiger partial charge on any atom is 0.329 e. The number of ketones is 1. The van der Waals surface area contributed by atoms with Crippen LogP contribution in [0.1, 0.15) is 10.4 Å². The van der Waals surface area contributed by atoms with Crippen molar-refractivity contribution in [3.05, 3.63) is 64.6 Å². The van der Waals surface area contributed by atoms with Crippen LogP contribution in [0.4, 0.5) is 0 Å². The number of benzene rings is 2. The fourth-order valence-electron chi connectivity index (χ4n) is 2.70. The minimum atomic E-state index is -0.627. The molecule has 1 heterocycles. The first-order valence-electron chi connectivity index (χ1n) is 7.98. The van der Waals surface area contributed by atoms with Crippen molar-refractivity contribution in [2.24, 2.45) is 7.05 Å². The molecule has 0 saturated carbocycles. The Labute approximate surface area is 154 Å². The highest BCUT2D eigenvalue weighted by Crippen LogP contribution is 2.15. The first-order valence-corrected chi connectivity index (χ1v) is 9.21. The highest BCUT2D eigenvalue weighted by Gasteiger charge is 2.15. The molecule has 0 saturated heterocycles. The lowest BCUT2D eigenvalue weighted by molar-refractivity contribution is -0.143. The molecule has 3 rings (SSSR count). The number of hydrogen-bond donors (Lipinski definition) is 0. The lowest BCUT2D eigenvalue weighted by Crippen LogP contribution is -2.27. The van der Waals surface area contributed by atoms with Gasteiger partial charge in [-0.3, -0.25) is 18.7 Å². The van der Waals surface area contributed by atoms with Crippen molar-refractivity contribution in [1.29, 1.82) is 0 Å². The highest BCUT2D eigenvalue weighted by molar-refractivity contribution is 7.98. The van der Waals surface area contributed by atoms with Crippen molar-refractivity contribution in [1.82, 2.24) is 9.13 Å². The quantitative estimate of drug-likeness (QED) is 0.379. The van der Waals surface area contributed by atoms with Gasteiger partial charge in [0.05, 0.1) is 11.0 Å². The number of aryl methyl sites for hydroxylation is 1.